The van der Waals surface area contributed by atoms with Crippen molar-refractivity contribution in [2.75, 3.05) is 18.5 Å². The lowest BCUT2D eigenvalue weighted by Crippen LogP contribution is -2.42. The van der Waals surface area contributed by atoms with Gasteiger partial charge in [0.2, 0.25) is 0 Å². The average Bonchev–Trinajstić information content (AvgIpc) is 3.02. The second-order valence-corrected chi connectivity index (χ2v) is 9.23. The number of fused-ring (bicyclic) bond motifs is 2. The van der Waals surface area contributed by atoms with Crippen molar-refractivity contribution < 1.29 is 24.1 Å². The molecule has 0 fully saturated rings. The smallest absolute Gasteiger partial charge is 0.328 e. The molecule has 1 aliphatic heterocycles. The molecule has 1 aromatic heterocycles. The number of nitrogens with one attached hydrogen (secondary N) is 2. The number of benzene rings is 2. The summed E-state index contributed by atoms with van der Waals surface area (Å²) in [6.45, 7) is 4.31. The Morgan fingerprint density at radius 1 is 1.29 bits per heavy atom. The number of β-amino-alcohol motifs (C(OH)–C–C–N with tert-alkyl or cyclic N) is 1. The minimum atomic E-state index is -0.995. The number of carbonyl (C=O) groups is 1. The predicted octanol–water partition coefficient (Wildman–Crippen LogP) is 2.40. The molecule has 1 atom stereocenters. The first-order chi connectivity index (χ1) is 16.1. The van der Waals surface area contributed by atoms with Crippen LogP contribution in [0.1, 0.15) is 38.4 Å². The molecule has 0 radical (unpaired) electrons. The number of hydrogen-bond acceptors (Lipinski definition) is 6. The standard InChI is InChI=1S/C24H29FN4O5/c1-24(2,8-5-9-29-21-16(25)6-4-7-18(21)28(3)23(29)33)26-12-19(31)15-10-14(30)11-17-22(15)34-13-20(32)27-17/h4,6-7,10-11,19,26,30-31H,5,8-9,12-13H2,1-3H3,(H,27,32). The third kappa shape index (κ3) is 4.64. The lowest BCUT2D eigenvalue weighted by atomic mass is 9.97. The van der Waals surface area contributed by atoms with Crippen LogP contribution in [0.3, 0.4) is 0 Å². The van der Waals surface area contributed by atoms with E-state index in [0.29, 0.717) is 47.4 Å². The third-order valence-corrected chi connectivity index (χ3v) is 6.16. The van der Waals surface area contributed by atoms with Crippen LogP contribution in [0.25, 0.3) is 11.0 Å². The Hall–Kier alpha value is -3.37. The van der Waals surface area contributed by atoms with E-state index in [2.05, 4.69) is 10.6 Å². The number of imidazole rings is 1. The number of halogens is 1. The quantitative estimate of drug-likeness (QED) is 0.400. The van der Waals surface area contributed by atoms with Crippen molar-refractivity contribution >= 4 is 22.6 Å². The van der Waals surface area contributed by atoms with E-state index in [-0.39, 0.29) is 30.5 Å². The fourth-order valence-electron chi connectivity index (χ4n) is 4.34. The lowest BCUT2D eigenvalue weighted by Gasteiger charge is -2.29. The van der Waals surface area contributed by atoms with E-state index in [1.54, 1.807) is 19.2 Å². The van der Waals surface area contributed by atoms with Crippen LogP contribution in [0.5, 0.6) is 11.5 Å². The van der Waals surface area contributed by atoms with E-state index in [4.69, 9.17) is 4.74 Å². The second-order valence-electron chi connectivity index (χ2n) is 9.23. The van der Waals surface area contributed by atoms with Crippen molar-refractivity contribution in [1.29, 1.82) is 0 Å². The number of phenolic OH excluding ortho intramolecular Hbond substituents is 1. The fraction of sp³-hybridized carbons (Fsp3) is 0.417. The predicted molar refractivity (Wildman–Crippen MR) is 126 cm³/mol. The normalized spacial score (nSPS) is 14.6. The Morgan fingerprint density at radius 3 is 2.82 bits per heavy atom. The van der Waals surface area contributed by atoms with Crippen LogP contribution in [0.4, 0.5) is 10.1 Å². The van der Waals surface area contributed by atoms with Gasteiger partial charge in [-0.25, -0.2) is 9.18 Å². The summed E-state index contributed by atoms with van der Waals surface area (Å²) in [5.74, 6) is -0.515. The minimum Gasteiger partial charge on any atom is -0.508 e. The zero-order valence-corrected chi connectivity index (χ0v) is 19.4. The molecule has 0 spiro atoms. The highest BCUT2D eigenvalue weighted by Crippen LogP contribution is 2.38. The van der Waals surface area contributed by atoms with Gasteiger partial charge in [-0.2, -0.15) is 0 Å². The van der Waals surface area contributed by atoms with E-state index in [9.17, 15) is 24.2 Å². The zero-order chi connectivity index (χ0) is 24.6. The third-order valence-electron chi connectivity index (χ3n) is 6.16. The van der Waals surface area contributed by atoms with Crippen LogP contribution >= 0.6 is 0 Å². The maximum absolute atomic E-state index is 14.4. The van der Waals surface area contributed by atoms with Gasteiger partial charge in [-0.1, -0.05) is 6.07 Å². The Morgan fingerprint density at radius 2 is 2.06 bits per heavy atom. The monoisotopic (exact) mass is 472 g/mol. The van der Waals surface area contributed by atoms with Gasteiger partial charge in [-0.05, 0) is 44.9 Å². The van der Waals surface area contributed by atoms with E-state index >= 15 is 0 Å². The summed E-state index contributed by atoms with van der Waals surface area (Å²) in [5.41, 5.74) is 0.880. The first-order valence-electron chi connectivity index (χ1n) is 11.1. The Labute approximate surface area is 195 Å². The number of nitrogens with zero attached hydrogens (tertiary/aromatic N) is 2. The fourth-order valence-corrected chi connectivity index (χ4v) is 4.34. The Bertz CT molecular complexity index is 1300. The van der Waals surface area contributed by atoms with E-state index in [1.807, 2.05) is 13.8 Å². The first kappa shape index (κ1) is 23.8. The number of rotatable bonds is 8. The minimum absolute atomic E-state index is 0.0920. The summed E-state index contributed by atoms with van der Waals surface area (Å²) in [4.78, 5) is 24.1. The van der Waals surface area contributed by atoms with Gasteiger partial charge in [0.05, 0.1) is 17.3 Å². The van der Waals surface area contributed by atoms with Crippen LogP contribution in [-0.4, -0.2) is 43.9 Å². The first-order valence-corrected chi connectivity index (χ1v) is 11.1. The van der Waals surface area contributed by atoms with Crippen LogP contribution in [0.15, 0.2) is 35.1 Å². The number of aromatic hydroxyl groups is 1. The molecule has 2 aromatic carbocycles. The summed E-state index contributed by atoms with van der Waals surface area (Å²) in [6, 6.07) is 7.44. The number of ether oxygens (including phenoxy) is 1. The molecular formula is C24H29FN4O5. The summed E-state index contributed by atoms with van der Waals surface area (Å²) in [6.07, 6.45) is 0.270. The van der Waals surface area contributed by atoms with E-state index in [1.165, 1.54) is 27.3 Å². The molecule has 1 amide bonds. The van der Waals surface area contributed by atoms with Crippen LogP contribution in [0, 0.1) is 5.82 Å². The maximum Gasteiger partial charge on any atom is 0.328 e. The number of para-hydroxylation sites is 1. The molecule has 10 heteroatoms. The molecule has 34 heavy (non-hydrogen) atoms. The molecule has 4 rings (SSSR count). The van der Waals surface area contributed by atoms with Gasteiger partial charge < -0.3 is 25.6 Å². The number of phenols is 1. The molecule has 0 saturated carbocycles. The molecule has 0 aliphatic carbocycles. The van der Waals surface area contributed by atoms with Crippen LogP contribution < -0.4 is 21.1 Å². The number of aromatic nitrogens is 2. The largest absolute Gasteiger partial charge is 0.508 e. The number of amides is 1. The Kier molecular flexibility index (Phi) is 6.37. The highest BCUT2D eigenvalue weighted by atomic mass is 19.1. The van der Waals surface area contributed by atoms with Gasteiger partial charge in [-0.15, -0.1) is 0 Å². The Balaban J connectivity index is 1.40. The SMILES string of the molecule is Cn1c(=O)n(CCCC(C)(C)NCC(O)c2cc(O)cc3c2OCC(=O)N3)c2c(F)cccc21. The topological polar surface area (TPSA) is 118 Å². The number of aliphatic hydroxyl groups excluding tert-OH is 1. The van der Waals surface area contributed by atoms with Crippen LogP contribution in [-0.2, 0) is 18.4 Å². The molecule has 0 bridgehead atoms. The number of carbonyl (C=O) groups excluding carboxylic acids is 1. The van der Waals surface area contributed by atoms with Gasteiger partial charge >= 0.3 is 5.69 Å². The lowest BCUT2D eigenvalue weighted by molar-refractivity contribution is -0.118. The molecule has 182 valence electrons. The van der Waals surface area contributed by atoms with Crippen LogP contribution in [0.2, 0.25) is 0 Å². The van der Waals surface area contributed by atoms with Gasteiger partial charge in [0.1, 0.15) is 22.8 Å². The molecule has 0 saturated heterocycles. The molecule has 2 heterocycles. The molecule has 3 aromatic rings. The number of hydrogen-bond donors (Lipinski definition) is 4. The van der Waals surface area contributed by atoms with Crippen molar-refractivity contribution in [3.8, 4) is 11.5 Å². The zero-order valence-electron chi connectivity index (χ0n) is 19.4. The second kappa shape index (κ2) is 9.11. The highest BCUT2D eigenvalue weighted by Gasteiger charge is 2.26. The molecule has 4 N–H and O–H groups in total. The van der Waals surface area contributed by atoms with Gasteiger partial charge in [0.15, 0.2) is 6.61 Å². The number of anilines is 1. The average molecular weight is 473 g/mol. The van der Waals surface area contributed by atoms with Gasteiger partial charge in [0, 0.05) is 37.3 Å². The summed E-state index contributed by atoms with van der Waals surface area (Å²) in [7, 11) is 1.63. The van der Waals surface area contributed by atoms with Crippen molar-refractivity contribution in [3.05, 3.63) is 52.2 Å². The number of aliphatic hydroxyl groups is 1. The highest BCUT2D eigenvalue weighted by molar-refractivity contribution is 5.96. The van der Waals surface area contributed by atoms with Crippen molar-refractivity contribution in [1.82, 2.24) is 14.5 Å². The van der Waals surface area contributed by atoms with Crippen molar-refractivity contribution in [2.45, 2.75) is 44.9 Å². The van der Waals surface area contributed by atoms with Gasteiger partial charge in [-0.3, -0.25) is 13.9 Å². The summed E-state index contributed by atoms with van der Waals surface area (Å²) < 4.78 is 22.8. The van der Waals surface area contributed by atoms with Crippen molar-refractivity contribution in [2.24, 2.45) is 7.05 Å². The summed E-state index contributed by atoms with van der Waals surface area (Å²) in [5, 5.41) is 26.7. The molecule has 1 unspecified atom stereocenters. The van der Waals surface area contributed by atoms with Crippen molar-refractivity contribution in [3.63, 3.8) is 0 Å². The molecule has 9 nitrogen and oxygen atoms in total. The number of aryl methyl sites for hydroxylation is 2. The summed E-state index contributed by atoms with van der Waals surface area (Å²) >= 11 is 0. The van der Waals surface area contributed by atoms with E-state index < -0.39 is 17.5 Å². The van der Waals surface area contributed by atoms with Gasteiger partial charge in [0.25, 0.3) is 5.91 Å². The molecular weight excluding hydrogens is 443 g/mol. The molecule has 1 aliphatic rings. The maximum atomic E-state index is 14.4. The van der Waals surface area contributed by atoms with E-state index in [0.717, 1.165) is 0 Å².